The first-order valence-corrected chi connectivity index (χ1v) is 3.32. The maximum atomic E-state index is 8.87. The Kier molecular flexibility index (Phi) is 5.54. The minimum absolute atomic E-state index is 0.251. The Hall–Kier alpha value is -0.780. The van der Waals surface area contributed by atoms with Crippen LogP contribution in [0.2, 0.25) is 0 Å². The van der Waals surface area contributed by atoms with E-state index in [9.17, 15) is 0 Å². The number of nitrogens with zero attached hydrogens (tertiary/aromatic N) is 2. The summed E-state index contributed by atoms with van der Waals surface area (Å²) in [5.74, 6) is 0. The van der Waals surface area contributed by atoms with E-state index in [-0.39, 0.29) is 6.17 Å². The molecule has 0 aromatic heterocycles. The molecule has 0 bridgehead atoms. The third-order valence-electron chi connectivity index (χ3n) is 0.892. The molecule has 0 saturated heterocycles. The van der Waals surface area contributed by atoms with Crippen molar-refractivity contribution in [2.45, 2.75) is 19.3 Å². The van der Waals surface area contributed by atoms with Crippen LogP contribution < -0.4 is 11.1 Å². The van der Waals surface area contributed by atoms with Gasteiger partial charge >= 0.3 is 0 Å². The Morgan fingerprint density at radius 1 is 1.64 bits per heavy atom. The highest BCUT2D eigenvalue weighted by Crippen LogP contribution is 1.74. The van der Waals surface area contributed by atoms with Crippen molar-refractivity contribution < 1.29 is 5.11 Å². The van der Waals surface area contributed by atoms with E-state index in [1.54, 1.807) is 14.0 Å². The zero-order valence-electron chi connectivity index (χ0n) is 6.73. The Balaban J connectivity index is 3.59. The van der Waals surface area contributed by atoms with Crippen LogP contribution in [0.3, 0.4) is 0 Å². The fourth-order valence-electron chi connectivity index (χ4n) is 0.338. The number of rotatable bonds is 4. The summed E-state index contributed by atoms with van der Waals surface area (Å²) < 4.78 is 0. The van der Waals surface area contributed by atoms with Crippen molar-refractivity contribution in [3.63, 3.8) is 0 Å². The Bertz CT molecular complexity index is 144. The maximum absolute atomic E-state index is 8.87. The number of aliphatic imine (C=N–C) groups is 2. The molecule has 0 aliphatic carbocycles. The number of hydrogen-bond acceptors (Lipinski definition) is 4. The summed E-state index contributed by atoms with van der Waals surface area (Å²) in [5.41, 5.74) is 5.29. The monoisotopic (exact) mass is 158 g/mol. The summed E-state index contributed by atoms with van der Waals surface area (Å²) in [6, 6.07) is 0. The second kappa shape index (κ2) is 5.96. The number of aliphatic hydroxyl groups excluding tert-OH is 1. The minimum atomic E-state index is -0.727. The summed E-state index contributed by atoms with van der Waals surface area (Å²) in [6.07, 6.45) is 1.66. The van der Waals surface area contributed by atoms with Crippen LogP contribution in [0.4, 0.5) is 0 Å². The fraction of sp³-hybridized carbons (Fsp3) is 0.667. The topological polar surface area (TPSA) is 83.0 Å². The van der Waals surface area contributed by atoms with Crippen LogP contribution in [0.5, 0.6) is 0 Å². The number of hydrogen-bond donors (Lipinski definition) is 3. The van der Waals surface area contributed by atoms with Crippen LogP contribution in [-0.2, 0) is 0 Å². The van der Waals surface area contributed by atoms with Gasteiger partial charge in [0.1, 0.15) is 12.6 Å². The molecule has 5 heteroatoms. The van der Waals surface area contributed by atoms with Crippen LogP contribution in [0.25, 0.3) is 0 Å². The van der Waals surface area contributed by atoms with E-state index in [1.165, 1.54) is 12.6 Å². The molecule has 2 atom stereocenters. The van der Waals surface area contributed by atoms with Crippen molar-refractivity contribution in [1.82, 2.24) is 5.32 Å². The minimum Gasteiger partial charge on any atom is -0.373 e. The normalized spacial score (nSPS) is 17.8. The van der Waals surface area contributed by atoms with E-state index in [4.69, 9.17) is 10.8 Å². The van der Waals surface area contributed by atoms with Gasteiger partial charge in [0.2, 0.25) is 0 Å². The van der Waals surface area contributed by atoms with Gasteiger partial charge in [0.05, 0.1) is 6.17 Å². The standard InChI is InChI=1S/C6H14N4O/c1-5(7)10-4-9-3-6(11)8-2/h3-6,8,11H,7H2,1-2H3/b9-3+,10-4-. The Labute approximate surface area is 66.0 Å². The molecule has 0 fully saturated rings. The first kappa shape index (κ1) is 10.2. The third kappa shape index (κ3) is 7.11. The lowest BCUT2D eigenvalue weighted by molar-refractivity contribution is 0.219. The molecular weight excluding hydrogens is 144 g/mol. The zero-order valence-corrected chi connectivity index (χ0v) is 6.73. The first-order chi connectivity index (χ1) is 5.16. The van der Waals surface area contributed by atoms with Gasteiger partial charge in [-0.1, -0.05) is 0 Å². The van der Waals surface area contributed by atoms with Gasteiger partial charge in [-0.05, 0) is 14.0 Å². The molecule has 4 N–H and O–H groups in total. The van der Waals surface area contributed by atoms with Gasteiger partial charge in [0, 0.05) is 6.21 Å². The van der Waals surface area contributed by atoms with Crippen molar-refractivity contribution in [3.8, 4) is 0 Å². The Morgan fingerprint density at radius 2 is 2.27 bits per heavy atom. The molecule has 0 heterocycles. The molecule has 5 nitrogen and oxygen atoms in total. The smallest absolute Gasteiger partial charge is 0.141 e. The van der Waals surface area contributed by atoms with E-state index >= 15 is 0 Å². The summed E-state index contributed by atoms with van der Waals surface area (Å²) >= 11 is 0. The molecule has 11 heavy (non-hydrogen) atoms. The van der Waals surface area contributed by atoms with E-state index in [0.717, 1.165) is 0 Å². The molecule has 0 aromatic carbocycles. The van der Waals surface area contributed by atoms with Crippen LogP contribution in [-0.4, -0.2) is 37.1 Å². The molecule has 2 unspecified atom stereocenters. The lowest BCUT2D eigenvalue weighted by Crippen LogP contribution is -2.25. The van der Waals surface area contributed by atoms with Gasteiger partial charge in [0.25, 0.3) is 0 Å². The predicted molar refractivity (Wildman–Crippen MR) is 45.7 cm³/mol. The average Bonchev–Trinajstić information content (AvgIpc) is 1.97. The van der Waals surface area contributed by atoms with Gasteiger partial charge in [-0.25, -0.2) is 4.99 Å². The fourth-order valence-corrected chi connectivity index (χ4v) is 0.338. The van der Waals surface area contributed by atoms with Gasteiger partial charge in [-0.3, -0.25) is 10.3 Å². The zero-order chi connectivity index (χ0) is 8.69. The van der Waals surface area contributed by atoms with Crippen molar-refractivity contribution in [2.24, 2.45) is 15.7 Å². The van der Waals surface area contributed by atoms with Crippen LogP contribution >= 0.6 is 0 Å². The largest absolute Gasteiger partial charge is 0.373 e. The van der Waals surface area contributed by atoms with Gasteiger partial charge in [0.15, 0.2) is 0 Å². The van der Waals surface area contributed by atoms with Crippen LogP contribution in [0.15, 0.2) is 9.98 Å². The SMILES string of the molecule is CNC(O)/C=N/C=N\C(C)N. The quantitative estimate of drug-likeness (QED) is 0.277. The lowest BCUT2D eigenvalue weighted by Gasteiger charge is -1.98. The molecule has 0 aliphatic rings. The highest BCUT2D eigenvalue weighted by atomic mass is 16.3. The van der Waals surface area contributed by atoms with Crippen molar-refractivity contribution >= 4 is 12.6 Å². The second-order valence-corrected chi connectivity index (χ2v) is 2.04. The molecule has 0 spiro atoms. The lowest BCUT2D eigenvalue weighted by atomic mass is 10.6. The number of nitrogens with one attached hydrogen (secondary N) is 1. The summed E-state index contributed by atoms with van der Waals surface area (Å²) in [4.78, 5) is 7.42. The van der Waals surface area contributed by atoms with Crippen LogP contribution in [0.1, 0.15) is 6.92 Å². The molecule has 0 radical (unpaired) electrons. The molecular formula is C6H14N4O. The summed E-state index contributed by atoms with van der Waals surface area (Å²) in [6.45, 7) is 1.74. The van der Waals surface area contributed by atoms with E-state index in [2.05, 4.69) is 15.3 Å². The van der Waals surface area contributed by atoms with Gasteiger partial charge in [-0.2, -0.15) is 0 Å². The average molecular weight is 158 g/mol. The van der Waals surface area contributed by atoms with Crippen molar-refractivity contribution in [3.05, 3.63) is 0 Å². The predicted octanol–water partition coefficient (Wildman–Crippen LogP) is -1.07. The molecule has 0 saturated carbocycles. The van der Waals surface area contributed by atoms with Crippen molar-refractivity contribution in [1.29, 1.82) is 0 Å². The maximum Gasteiger partial charge on any atom is 0.141 e. The van der Waals surface area contributed by atoms with E-state index < -0.39 is 6.23 Å². The van der Waals surface area contributed by atoms with Gasteiger partial charge in [-0.15, -0.1) is 0 Å². The van der Waals surface area contributed by atoms with E-state index in [0.29, 0.717) is 0 Å². The highest BCUT2D eigenvalue weighted by molar-refractivity contribution is 5.74. The third-order valence-corrected chi connectivity index (χ3v) is 0.892. The molecule has 64 valence electrons. The second-order valence-electron chi connectivity index (χ2n) is 2.04. The molecule has 0 rings (SSSR count). The number of nitrogens with two attached hydrogens (primary N) is 1. The van der Waals surface area contributed by atoms with Crippen molar-refractivity contribution in [2.75, 3.05) is 7.05 Å². The number of aliphatic hydroxyl groups is 1. The first-order valence-electron chi connectivity index (χ1n) is 3.32. The highest BCUT2D eigenvalue weighted by Gasteiger charge is 1.89. The molecule has 0 aromatic rings. The van der Waals surface area contributed by atoms with Crippen LogP contribution in [0, 0.1) is 0 Å². The Morgan fingerprint density at radius 3 is 2.73 bits per heavy atom. The van der Waals surface area contributed by atoms with Gasteiger partial charge < -0.3 is 10.8 Å². The summed E-state index contributed by atoms with van der Waals surface area (Å²) in [5, 5.41) is 11.4. The molecule has 0 amide bonds. The molecule has 0 aliphatic heterocycles. The summed E-state index contributed by atoms with van der Waals surface area (Å²) in [7, 11) is 1.62. The van der Waals surface area contributed by atoms with E-state index in [1.807, 2.05) is 0 Å².